The van der Waals surface area contributed by atoms with Crippen molar-refractivity contribution in [1.82, 2.24) is 0 Å². The number of rotatable bonds is 7. The summed E-state index contributed by atoms with van der Waals surface area (Å²) < 4.78 is 0. The van der Waals surface area contributed by atoms with Crippen molar-refractivity contribution in [3.05, 3.63) is 230 Å². The van der Waals surface area contributed by atoms with Crippen LogP contribution < -0.4 is 9.80 Å². The second kappa shape index (κ2) is 14.0. The van der Waals surface area contributed by atoms with Crippen LogP contribution in [0.4, 0.5) is 34.1 Å². The van der Waals surface area contributed by atoms with Crippen LogP contribution in [0, 0.1) is 0 Å². The van der Waals surface area contributed by atoms with Gasteiger partial charge in [0.1, 0.15) is 0 Å². The highest BCUT2D eigenvalue weighted by Gasteiger charge is 2.25. The van der Waals surface area contributed by atoms with Gasteiger partial charge in [0, 0.05) is 40.5 Å². The molecule has 0 fully saturated rings. The van der Waals surface area contributed by atoms with E-state index in [4.69, 9.17) is 0 Å². The van der Waals surface area contributed by atoms with Crippen molar-refractivity contribution in [2.45, 2.75) is 6.42 Å². The van der Waals surface area contributed by atoms with Gasteiger partial charge in [-0.15, -0.1) is 0 Å². The molecule has 260 valence electrons. The Morgan fingerprint density at radius 3 is 1.49 bits per heavy atom. The van der Waals surface area contributed by atoms with E-state index in [1.54, 1.807) is 0 Å². The third kappa shape index (κ3) is 6.14. The molecule has 0 atom stereocenters. The number of benzene rings is 9. The molecule has 9 aromatic rings. The number of hydrogen-bond acceptors (Lipinski definition) is 2. The van der Waals surface area contributed by atoms with E-state index < -0.39 is 0 Å². The molecule has 0 aliphatic carbocycles. The van der Waals surface area contributed by atoms with Crippen molar-refractivity contribution in [2.24, 2.45) is 0 Å². The highest BCUT2D eigenvalue weighted by molar-refractivity contribution is 5.97. The summed E-state index contributed by atoms with van der Waals surface area (Å²) in [7, 11) is 0. The molecule has 0 aromatic heterocycles. The minimum atomic E-state index is 0.851. The Morgan fingerprint density at radius 1 is 0.345 bits per heavy atom. The van der Waals surface area contributed by atoms with E-state index in [0.29, 0.717) is 0 Å². The molecule has 2 nitrogen and oxygen atoms in total. The number of fused-ring (bicyclic) bond motifs is 3. The fourth-order valence-corrected chi connectivity index (χ4v) is 8.17. The van der Waals surface area contributed by atoms with Crippen LogP contribution in [0.1, 0.15) is 11.1 Å². The maximum Gasteiger partial charge on any atom is 0.0497 e. The van der Waals surface area contributed by atoms with Gasteiger partial charge in [-0.05, 0) is 128 Å². The van der Waals surface area contributed by atoms with E-state index in [0.717, 1.165) is 29.2 Å². The standard InChI is InChI=1S/C53H38N2/c1-4-13-38(14-5-1)39-23-31-49(32-24-39)55-52-33-27-42(40-25-29-48(30-26-40)54(46-17-6-2-7-18-46)47-19-8-3-9-20-47)35-44(52)37-45-36-43(28-34-53(45)55)51-22-12-16-41-15-10-11-21-50(41)51/h1-36H,37H2. The van der Waals surface area contributed by atoms with Gasteiger partial charge in [-0.2, -0.15) is 0 Å². The van der Waals surface area contributed by atoms with Crippen molar-refractivity contribution < 1.29 is 0 Å². The van der Waals surface area contributed by atoms with E-state index in [1.807, 2.05) is 0 Å². The van der Waals surface area contributed by atoms with Crippen molar-refractivity contribution in [1.29, 1.82) is 0 Å². The fraction of sp³-hybridized carbons (Fsp3) is 0.0189. The van der Waals surface area contributed by atoms with E-state index in [2.05, 4.69) is 228 Å². The number of para-hydroxylation sites is 2. The molecule has 1 aliphatic heterocycles. The lowest BCUT2D eigenvalue weighted by molar-refractivity contribution is 1.09. The predicted molar refractivity (Wildman–Crippen MR) is 232 cm³/mol. The van der Waals surface area contributed by atoms with Crippen LogP contribution in [-0.2, 0) is 6.42 Å². The Kier molecular flexibility index (Phi) is 8.27. The molecule has 2 heteroatoms. The lowest BCUT2D eigenvalue weighted by Gasteiger charge is -2.34. The van der Waals surface area contributed by atoms with Crippen LogP contribution in [0.3, 0.4) is 0 Å². The molecule has 0 bridgehead atoms. The molecule has 0 radical (unpaired) electrons. The molecular formula is C53H38N2. The first-order chi connectivity index (χ1) is 27.3. The highest BCUT2D eigenvalue weighted by Crippen LogP contribution is 2.47. The molecule has 1 aliphatic rings. The van der Waals surface area contributed by atoms with Gasteiger partial charge in [0.15, 0.2) is 0 Å². The monoisotopic (exact) mass is 702 g/mol. The first kappa shape index (κ1) is 32.5. The molecule has 0 spiro atoms. The normalized spacial score (nSPS) is 11.9. The Labute approximate surface area is 322 Å². The summed E-state index contributed by atoms with van der Waals surface area (Å²) in [6.45, 7) is 0. The van der Waals surface area contributed by atoms with Gasteiger partial charge in [0.05, 0.1) is 0 Å². The van der Waals surface area contributed by atoms with Crippen LogP contribution in [0.25, 0.3) is 44.2 Å². The first-order valence-corrected chi connectivity index (χ1v) is 19.0. The van der Waals surface area contributed by atoms with Gasteiger partial charge in [-0.1, -0.05) is 146 Å². The van der Waals surface area contributed by atoms with E-state index in [1.165, 1.54) is 66.7 Å². The van der Waals surface area contributed by atoms with Crippen molar-refractivity contribution in [3.63, 3.8) is 0 Å². The summed E-state index contributed by atoms with van der Waals surface area (Å²) >= 11 is 0. The Balaban J connectivity index is 1.05. The molecule has 0 unspecified atom stereocenters. The van der Waals surface area contributed by atoms with Crippen molar-refractivity contribution in [3.8, 4) is 33.4 Å². The zero-order valence-electron chi connectivity index (χ0n) is 30.4. The lowest BCUT2D eigenvalue weighted by atomic mass is 9.89. The van der Waals surface area contributed by atoms with Crippen LogP contribution in [0.15, 0.2) is 218 Å². The van der Waals surface area contributed by atoms with Crippen LogP contribution in [0.5, 0.6) is 0 Å². The molecule has 1 heterocycles. The average molecular weight is 703 g/mol. The van der Waals surface area contributed by atoms with Gasteiger partial charge in [0.2, 0.25) is 0 Å². The second-order valence-corrected chi connectivity index (χ2v) is 14.2. The fourth-order valence-electron chi connectivity index (χ4n) is 8.17. The zero-order chi connectivity index (χ0) is 36.6. The van der Waals surface area contributed by atoms with Gasteiger partial charge in [0.25, 0.3) is 0 Å². The van der Waals surface area contributed by atoms with Gasteiger partial charge >= 0.3 is 0 Å². The molecule has 0 saturated heterocycles. The molecule has 10 rings (SSSR count). The molecule has 0 saturated carbocycles. The summed E-state index contributed by atoms with van der Waals surface area (Å²) in [5.41, 5.74) is 17.0. The Bertz CT molecular complexity index is 2710. The molecular weight excluding hydrogens is 665 g/mol. The SMILES string of the molecule is c1ccc(-c2ccc(N3c4ccc(-c5ccc(N(c6ccccc6)c6ccccc6)cc5)cc4Cc4cc(-c5cccc6ccccc56)ccc43)cc2)cc1. The quantitative estimate of drug-likeness (QED) is 0.163. The number of nitrogens with zero attached hydrogens (tertiary/aromatic N) is 2. The summed E-state index contributed by atoms with van der Waals surface area (Å²) in [5.74, 6) is 0. The van der Waals surface area contributed by atoms with Crippen LogP contribution in [0.2, 0.25) is 0 Å². The molecule has 0 amide bonds. The third-order valence-corrected chi connectivity index (χ3v) is 10.8. The predicted octanol–water partition coefficient (Wildman–Crippen LogP) is 14.7. The maximum absolute atomic E-state index is 2.44. The topological polar surface area (TPSA) is 6.48 Å². The van der Waals surface area contributed by atoms with Crippen LogP contribution in [-0.4, -0.2) is 0 Å². The molecule has 9 aromatic carbocycles. The third-order valence-electron chi connectivity index (χ3n) is 10.8. The van der Waals surface area contributed by atoms with E-state index in [9.17, 15) is 0 Å². The summed E-state index contributed by atoms with van der Waals surface area (Å²) in [5, 5.41) is 2.54. The maximum atomic E-state index is 2.44. The van der Waals surface area contributed by atoms with Gasteiger partial charge < -0.3 is 9.80 Å². The average Bonchev–Trinajstić information content (AvgIpc) is 3.26. The van der Waals surface area contributed by atoms with Gasteiger partial charge in [-0.25, -0.2) is 0 Å². The van der Waals surface area contributed by atoms with E-state index in [-0.39, 0.29) is 0 Å². The van der Waals surface area contributed by atoms with E-state index >= 15 is 0 Å². The number of hydrogen-bond donors (Lipinski definition) is 0. The summed E-state index contributed by atoms with van der Waals surface area (Å²) in [6, 6.07) is 79.1. The second-order valence-electron chi connectivity index (χ2n) is 14.2. The molecule has 55 heavy (non-hydrogen) atoms. The van der Waals surface area contributed by atoms with Gasteiger partial charge in [-0.3, -0.25) is 0 Å². The summed E-state index contributed by atoms with van der Waals surface area (Å²) in [4.78, 5) is 4.75. The van der Waals surface area contributed by atoms with Crippen molar-refractivity contribution >= 4 is 44.9 Å². The number of anilines is 6. The van der Waals surface area contributed by atoms with Crippen molar-refractivity contribution in [2.75, 3.05) is 9.80 Å². The lowest BCUT2D eigenvalue weighted by Crippen LogP contribution is -2.18. The smallest absolute Gasteiger partial charge is 0.0497 e. The van der Waals surface area contributed by atoms with Crippen LogP contribution >= 0.6 is 0 Å². The minimum absolute atomic E-state index is 0.851. The minimum Gasteiger partial charge on any atom is -0.311 e. The Hall–Kier alpha value is -7.16. The Morgan fingerprint density at radius 2 is 0.818 bits per heavy atom. The largest absolute Gasteiger partial charge is 0.311 e. The first-order valence-electron chi connectivity index (χ1n) is 19.0. The summed E-state index contributed by atoms with van der Waals surface area (Å²) in [6.07, 6.45) is 0.851. The zero-order valence-corrected chi connectivity index (χ0v) is 30.4. The molecule has 0 N–H and O–H groups in total. The highest BCUT2D eigenvalue weighted by atomic mass is 15.2.